The van der Waals surface area contributed by atoms with Gasteiger partial charge in [-0.05, 0) is 58.8 Å². The van der Waals surface area contributed by atoms with E-state index in [4.69, 9.17) is 4.74 Å². The van der Waals surface area contributed by atoms with Crippen LogP contribution in [-0.4, -0.2) is 41.8 Å². The van der Waals surface area contributed by atoms with E-state index >= 15 is 0 Å². The third kappa shape index (κ3) is 5.79. The second kappa shape index (κ2) is 7.67. The third-order valence-corrected chi connectivity index (χ3v) is 4.70. The summed E-state index contributed by atoms with van der Waals surface area (Å²) >= 11 is 0. The van der Waals surface area contributed by atoms with Crippen LogP contribution in [0, 0.1) is 5.92 Å². The van der Waals surface area contributed by atoms with E-state index in [2.05, 4.69) is 12.2 Å². The molecule has 128 valence electrons. The highest BCUT2D eigenvalue weighted by molar-refractivity contribution is 5.68. The number of rotatable bonds is 6. The lowest BCUT2D eigenvalue weighted by Gasteiger charge is -2.37. The maximum Gasteiger partial charge on any atom is 0.410 e. The lowest BCUT2D eigenvalue weighted by molar-refractivity contribution is 0.00959. The Bertz CT molecular complexity index is 361. The normalized spacial score (nSPS) is 24.2. The van der Waals surface area contributed by atoms with E-state index in [-0.39, 0.29) is 12.1 Å². The Morgan fingerprint density at radius 3 is 2.59 bits per heavy atom. The molecule has 1 aliphatic carbocycles. The van der Waals surface area contributed by atoms with Gasteiger partial charge in [-0.3, -0.25) is 0 Å². The van der Waals surface area contributed by atoms with Gasteiger partial charge in [0, 0.05) is 25.2 Å². The second-order valence-electron chi connectivity index (χ2n) is 8.02. The summed E-state index contributed by atoms with van der Waals surface area (Å²) in [6.07, 6.45) is 8.55. The smallest absolute Gasteiger partial charge is 0.410 e. The lowest BCUT2D eigenvalue weighted by atomic mass is 10.0. The molecule has 22 heavy (non-hydrogen) atoms. The number of piperidine rings is 1. The monoisotopic (exact) mass is 310 g/mol. The molecule has 2 atom stereocenters. The highest BCUT2D eigenvalue weighted by Crippen LogP contribution is 2.34. The number of amides is 1. The number of hydrogen-bond acceptors (Lipinski definition) is 3. The van der Waals surface area contributed by atoms with Gasteiger partial charge in [0.15, 0.2) is 0 Å². The highest BCUT2D eigenvalue weighted by atomic mass is 16.6. The van der Waals surface area contributed by atoms with Crippen LogP contribution in [0.4, 0.5) is 4.79 Å². The van der Waals surface area contributed by atoms with Crippen molar-refractivity contribution >= 4 is 6.09 Å². The molecule has 0 aromatic heterocycles. The fourth-order valence-corrected chi connectivity index (χ4v) is 3.23. The van der Waals surface area contributed by atoms with E-state index in [1.54, 1.807) is 0 Å². The number of nitrogens with one attached hydrogen (secondary N) is 1. The molecule has 4 heteroatoms. The minimum absolute atomic E-state index is 0.144. The molecule has 1 aliphatic heterocycles. The van der Waals surface area contributed by atoms with E-state index in [1.165, 1.54) is 32.1 Å². The quantitative estimate of drug-likeness (QED) is 0.808. The van der Waals surface area contributed by atoms with Crippen LogP contribution in [0.5, 0.6) is 0 Å². The van der Waals surface area contributed by atoms with Crippen molar-refractivity contribution in [3.8, 4) is 0 Å². The maximum absolute atomic E-state index is 12.4. The summed E-state index contributed by atoms with van der Waals surface area (Å²) in [7, 11) is 0. The van der Waals surface area contributed by atoms with Crippen LogP contribution in [0.2, 0.25) is 0 Å². The number of hydrogen-bond donors (Lipinski definition) is 1. The summed E-state index contributed by atoms with van der Waals surface area (Å²) in [4.78, 5) is 14.4. The van der Waals surface area contributed by atoms with Crippen molar-refractivity contribution in [1.82, 2.24) is 10.2 Å². The molecule has 0 aromatic rings. The van der Waals surface area contributed by atoms with Crippen molar-refractivity contribution in [2.45, 2.75) is 90.3 Å². The van der Waals surface area contributed by atoms with Crippen LogP contribution in [0.25, 0.3) is 0 Å². The molecule has 0 bridgehead atoms. The van der Waals surface area contributed by atoms with Crippen LogP contribution in [0.15, 0.2) is 0 Å². The molecule has 2 aliphatic rings. The highest BCUT2D eigenvalue weighted by Gasteiger charge is 2.31. The third-order valence-electron chi connectivity index (χ3n) is 4.70. The maximum atomic E-state index is 12.4. The molecule has 1 saturated carbocycles. The van der Waals surface area contributed by atoms with Crippen LogP contribution >= 0.6 is 0 Å². The van der Waals surface area contributed by atoms with Gasteiger partial charge >= 0.3 is 6.09 Å². The molecule has 1 saturated heterocycles. The average molecular weight is 310 g/mol. The van der Waals surface area contributed by atoms with E-state index in [0.717, 1.165) is 31.8 Å². The minimum Gasteiger partial charge on any atom is -0.444 e. The number of ether oxygens (including phenoxy) is 1. The summed E-state index contributed by atoms with van der Waals surface area (Å²) in [6, 6.07) is 0.895. The van der Waals surface area contributed by atoms with Crippen molar-refractivity contribution in [3.05, 3.63) is 0 Å². The van der Waals surface area contributed by atoms with E-state index in [9.17, 15) is 4.79 Å². The molecule has 1 heterocycles. The van der Waals surface area contributed by atoms with Crippen LogP contribution < -0.4 is 5.32 Å². The van der Waals surface area contributed by atoms with E-state index < -0.39 is 5.60 Å². The van der Waals surface area contributed by atoms with Gasteiger partial charge in [0.05, 0.1) is 0 Å². The Morgan fingerprint density at radius 2 is 2.00 bits per heavy atom. The second-order valence-corrected chi connectivity index (χ2v) is 8.02. The average Bonchev–Trinajstić information content (AvgIpc) is 3.26. The molecule has 1 amide bonds. The van der Waals surface area contributed by atoms with Gasteiger partial charge in [0.1, 0.15) is 5.60 Å². The summed E-state index contributed by atoms with van der Waals surface area (Å²) < 4.78 is 5.57. The molecule has 2 fully saturated rings. The fraction of sp³-hybridized carbons (Fsp3) is 0.944. The van der Waals surface area contributed by atoms with E-state index in [0.29, 0.717) is 6.04 Å². The number of carbonyl (C=O) groups excluding carboxylic acids is 1. The van der Waals surface area contributed by atoms with Crippen molar-refractivity contribution in [2.75, 3.05) is 13.1 Å². The summed E-state index contributed by atoms with van der Waals surface area (Å²) in [5.74, 6) is 0.950. The molecule has 2 rings (SSSR count). The first-order valence-electron chi connectivity index (χ1n) is 9.12. The molecule has 2 unspecified atom stereocenters. The molecule has 0 aromatic carbocycles. The zero-order chi connectivity index (χ0) is 16.2. The van der Waals surface area contributed by atoms with Crippen LogP contribution in [-0.2, 0) is 4.74 Å². The minimum atomic E-state index is -0.412. The zero-order valence-electron chi connectivity index (χ0n) is 14.9. The Hall–Kier alpha value is -0.770. The predicted octanol–water partition coefficient (Wildman–Crippen LogP) is 3.94. The Kier molecular flexibility index (Phi) is 6.13. The van der Waals surface area contributed by atoms with Crippen LogP contribution in [0.1, 0.15) is 72.6 Å². The van der Waals surface area contributed by atoms with Gasteiger partial charge in [-0.15, -0.1) is 0 Å². The summed E-state index contributed by atoms with van der Waals surface area (Å²) in [5.41, 5.74) is -0.412. The van der Waals surface area contributed by atoms with Crippen LogP contribution in [0.3, 0.4) is 0 Å². The topological polar surface area (TPSA) is 41.6 Å². The van der Waals surface area contributed by atoms with Gasteiger partial charge in [-0.2, -0.15) is 0 Å². The first-order chi connectivity index (χ1) is 10.4. The zero-order valence-corrected chi connectivity index (χ0v) is 14.9. The molecule has 0 radical (unpaired) electrons. The van der Waals surface area contributed by atoms with Gasteiger partial charge in [-0.25, -0.2) is 4.79 Å². The fourth-order valence-electron chi connectivity index (χ4n) is 3.23. The van der Waals surface area contributed by atoms with Crippen molar-refractivity contribution < 1.29 is 9.53 Å². The number of nitrogens with zero attached hydrogens (tertiary/aromatic N) is 1. The lowest BCUT2D eigenvalue weighted by Crippen LogP contribution is -2.51. The number of likely N-dealkylation sites (tertiary alicyclic amines) is 1. The first-order valence-corrected chi connectivity index (χ1v) is 9.12. The Balaban J connectivity index is 1.84. The Labute approximate surface area is 136 Å². The van der Waals surface area contributed by atoms with Gasteiger partial charge in [-0.1, -0.05) is 19.8 Å². The van der Waals surface area contributed by atoms with Crippen molar-refractivity contribution in [3.63, 3.8) is 0 Å². The summed E-state index contributed by atoms with van der Waals surface area (Å²) in [6.45, 7) is 9.80. The van der Waals surface area contributed by atoms with Crippen molar-refractivity contribution in [2.24, 2.45) is 5.92 Å². The molecule has 4 nitrogen and oxygen atoms in total. The van der Waals surface area contributed by atoms with Gasteiger partial charge in [0.2, 0.25) is 0 Å². The van der Waals surface area contributed by atoms with Gasteiger partial charge < -0.3 is 15.0 Å². The largest absolute Gasteiger partial charge is 0.444 e. The van der Waals surface area contributed by atoms with Gasteiger partial charge in [0.25, 0.3) is 0 Å². The Morgan fingerprint density at radius 1 is 1.27 bits per heavy atom. The molecular formula is C18H34N2O2. The number of carbonyl (C=O) groups is 1. The molecule has 1 N–H and O–H groups in total. The van der Waals surface area contributed by atoms with E-state index in [1.807, 2.05) is 25.7 Å². The SMILES string of the molecule is CCC(CC1CC1)NCC1CCCCN1C(=O)OC(C)(C)C. The molecular weight excluding hydrogens is 276 g/mol. The van der Waals surface area contributed by atoms with Crippen molar-refractivity contribution in [1.29, 1.82) is 0 Å². The molecule has 0 spiro atoms. The summed E-state index contributed by atoms with van der Waals surface area (Å²) in [5, 5.41) is 3.71. The standard InChI is InChI=1S/C18H34N2O2/c1-5-15(12-14-9-10-14)19-13-16-8-6-7-11-20(16)17(21)22-18(2,3)4/h14-16,19H,5-13H2,1-4H3. The first kappa shape index (κ1) is 17.6. The predicted molar refractivity (Wildman–Crippen MR) is 90.0 cm³/mol.